The molecule has 1 N–H and O–H groups in total. The molecule has 0 unspecified atom stereocenters. The number of aryl methyl sites for hydroxylation is 1. The molecule has 0 bridgehead atoms. The summed E-state index contributed by atoms with van der Waals surface area (Å²) in [5, 5.41) is 10.4. The zero-order valence-corrected chi connectivity index (χ0v) is 13.7. The standard InChI is InChI=1S/C19H21N3O2/c1-21-14-16(17-6-2-3-7-18(17)21)11-19(24)22(9-10-23)13-15-5-4-8-20-12-15/h2-8,12,14,23H,9-11,13H2,1H3. The Kier molecular flexibility index (Phi) is 4.91. The van der Waals surface area contributed by atoms with E-state index in [9.17, 15) is 9.90 Å². The number of aliphatic hydroxyl groups excluding tert-OH is 1. The summed E-state index contributed by atoms with van der Waals surface area (Å²) in [4.78, 5) is 18.5. The Labute approximate surface area is 141 Å². The number of carbonyl (C=O) groups excluding carboxylic acids is 1. The van der Waals surface area contributed by atoms with Crippen molar-refractivity contribution in [2.45, 2.75) is 13.0 Å². The molecule has 2 aromatic heterocycles. The molecular weight excluding hydrogens is 302 g/mol. The van der Waals surface area contributed by atoms with Gasteiger partial charge in [0.25, 0.3) is 0 Å². The van der Waals surface area contributed by atoms with Gasteiger partial charge in [0.05, 0.1) is 13.0 Å². The summed E-state index contributed by atoms with van der Waals surface area (Å²) in [5.74, 6) is 0.00394. The van der Waals surface area contributed by atoms with Gasteiger partial charge in [-0.05, 0) is 23.3 Å². The first-order chi connectivity index (χ1) is 11.7. The van der Waals surface area contributed by atoms with Gasteiger partial charge in [0.15, 0.2) is 0 Å². The Hall–Kier alpha value is -2.66. The molecule has 0 aliphatic carbocycles. The highest BCUT2D eigenvalue weighted by Crippen LogP contribution is 2.21. The molecule has 0 aliphatic rings. The smallest absolute Gasteiger partial charge is 0.227 e. The molecule has 0 radical (unpaired) electrons. The fourth-order valence-electron chi connectivity index (χ4n) is 2.97. The molecule has 1 aromatic carbocycles. The molecule has 0 aliphatic heterocycles. The Bertz CT molecular complexity index is 827. The van der Waals surface area contributed by atoms with Gasteiger partial charge in [-0.25, -0.2) is 0 Å². The number of benzene rings is 1. The maximum absolute atomic E-state index is 12.7. The Balaban J connectivity index is 1.80. The highest BCUT2D eigenvalue weighted by Gasteiger charge is 2.17. The van der Waals surface area contributed by atoms with Crippen LogP contribution in [0.2, 0.25) is 0 Å². The number of para-hydroxylation sites is 1. The average Bonchev–Trinajstić information content (AvgIpc) is 2.92. The van der Waals surface area contributed by atoms with Gasteiger partial charge in [-0.2, -0.15) is 0 Å². The predicted octanol–water partition coefficient (Wildman–Crippen LogP) is 2.14. The summed E-state index contributed by atoms with van der Waals surface area (Å²) in [5.41, 5.74) is 3.07. The number of aromatic nitrogens is 2. The Morgan fingerprint density at radius 1 is 1.25 bits per heavy atom. The van der Waals surface area contributed by atoms with Crippen LogP contribution in [0.3, 0.4) is 0 Å². The van der Waals surface area contributed by atoms with Crippen molar-refractivity contribution in [1.29, 1.82) is 0 Å². The van der Waals surface area contributed by atoms with Crippen LogP contribution in [0.1, 0.15) is 11.1 Å². The minimum Gasteiger partial charge on any atom is -0.395 e. The number of rotatable bonds is 6. The molecule has 0 fully saturated rings. The maximum Gasteiger partial charge on any atom is 0.227 e. The molecule has 0 saturated carbocycles. The third-order valence-corrected chi connectivity index (χ3v) is 4.14. The lowest BCUT2D eigenvalue weighted by Gasteiger charge is -2.21. The van der Waals surface area contributed by atoms with Crippen molar-refractivity contribution in [1.82, 2.24) is 14.5 Å². The van der Waals surface area contributed by atoms with Crippen LogP contribution >= 0.6 is 0 Å². The minimum atomic E-state index is -0.0540. The normalized spacial score (nSPS) is 10.9. The number of hydrogen-bond donors (Lipinski definition) is 1. The SMILES string of the molecule is Cn1cc(CC(=O)N(CCO)Cc2cccnc2)c2ccccc21. The van der Waals surface area contributed by atoms with E-state index in [1.54, 1.807) is 17.3 Å². The maximum atomic E-state index is 12.7. The first kappa shape index (κ1) is 16.2. The molecule has 124 valence electrons. The second-order valence-electron chi connectivity index (χ2n) is 5.86. The van der Waals surface area contributed by atoms with Crippen molar-refractivity contribution in [3.63, 3.8) is 0 Å². The van der Waals surface area contributed by atoms with E-state index >= 15 is 0 Å². The van der Waals surface area contributed by atoms with Gasteiger partial charge in [-0.15, -0.1) is 0 Å². The van der Waals surface area contributed by atoms with Crippen molar-refractivity contribution in [3.05, 3.63) is 66.1 Å². The van der Waals surface area contributed by atoms with E-state index in [0.29, 0.717) is 19.5 Å². The number of fused-ring (bicyclic) bond motifs is 1. The number of nitrogens with zero attached hydrogens (tertiary/aromatic N) is 3. The summed E-state index contributed by atoms with van der Waals surface area (Å²) >= 11 is 0. The molecule has 2 heterocycles. The molecule has 5 heteroatoms. The molecular formula is C19H21N3O2. The highest BCUT2D eigenvalue weighted by atomic mass is 16.3. The molecule has 1 amide bonds. The monoisotopic (exact) mass is 323 g/mol. The number of pyridine rings is 1. The number of hydrogen-bond acceptors (Lipinski definition) is 3. The van der Waals surface area contributed by atoms with E-state index in [4.69, 9.17) is 0 Å². The lowest BCUT2D eigenvalue weighted by Crippen LogP contribution is -2.34. The van der Waals surface area contributed by atoms with Gasteiger partial charge in [0.2, 0.25) is 5.91 Å². The van der Waals surface area contributed by atoms with E-state index in [1.807, 2.05) is 54.2 Å². The fraction of sp³-hybridized carbons (Fsp3) is 0.263. The first-order valence-electron chi connectivity index (χ1n) is 7.99. The molecule has 0 saturated heterocycles. The molecule has 3 aromatic rings. The van der Waals surface area contributed by atoms with Crippen molar-refractivity contribution in [2.24, 2.45) is 7.05 Å². The zero-order chi connectivity index (χ0) is 16.9. The van der Waals surface area contributed by atoms with Crippen molar-refractivity contribution < 1.29 is 9.90 Å². The Morgan fingerprint density at radius 2 is 2.08 bits per heavy atom. The van der Waals surface area contributed by atoms with Crippen LogP contribution in [0.15, 0.2) is 55.0 Å². The summed E-state index contributed by atoms with van der Waals surface area (Å²) in [6.45, 7) is 0.720. The quantitative estimate of drug-likeness (QED) is 0.756. The predicted molar refractivity (Wildman–Crippen MR) is 93.4 cm³/mol. The van der Waals surface area contributed by atoms with Gasteiger partial charge >= 0.3 is 0 Å². The first-order valence-corrected chi connectivity index (χ1v) is 7.99. The van der Waals surface area contributed by atoms with E-state index in [0.717, 1.165) is 22.0 Å². The topological polar surface area (TPSA) is 58.4 Å². The Morgan fingerprint density at radius 3 is 2.83 bits per heavy atom. The van der Waals surface area contributed by atoms with Gasteiger partial charge in [-0.1, -0.05) is 24.3 Å². The fourth-order valence-corrected chi connectivity index (χ4v) is 2.97. The third kappa shape index (κ3) is 3.46. The number of aliphatic hydroxyl groups is 1. The van der Waals surface area contributed by atoms with Crippen LogP contribution in [0, 0.1) is 0 Å². The van der Waals surface area contributed by atoms with Crippen molar-refractivity contribution >= 4 is 16.8 Å². The summed E-state index contributed by atoms with van der Waals surface area (Å²) in [6, 6.07) is 11.8. The largest absolute Gasteiger partial charge is 0.395 e. The van der Waals surface area contributed by atoms with Crippen LogP contribution in [0.5, 0.6) is 0 Å². The van der Waals surface area contributed by atoms with Gasteiger partial charge in [0.1, 0.15) is 0 Å². The van der Waals surface area contributed by atoms with Crippen molar-refractivity contribution in [2.75, 3.05) is 13.2 Å². The highest BCUT2D eigenvalue weighted by molar-refractivity contribution is 5.89. The lowest BCUT2D eigenvalue weighted by atomic mass is 10.1. The van der Waals surface area contributed by atoms with Crippen LogP contribution in [-0.2, 0) is 24.8 Å². The molecule has 24 heavy (non-hydrogen) atoms. The molecule has 0 atom stereocenters. The van der Waals surface area contributed by atoms with E-state index in [1.165, 1.54) is 0 Å². The number of amides is 1. The van der Waals surface area contributed by atoms with Crippen molar-refractivity contribution in [3.8, 4) is 0 Å². The summed E-state index contributed by atoms with van der Waals surface area (Å²) in [6.07, 6.45) is 5.78. The zero-order valence-electron chi connectivity index (χ0n) is 13.7. The summed E-state index contributed by atoms with van der Waals surface area (Å²) in [7, 11) is 1.98. The van der Waals surface area contributed by atoms with Crippen LogP contribution < -0.4 is 0 Å². The summed E-state index contributed by atoms with van der Waals surface area (Å²) < 4.78 is 2.04. The molecule has 3 rings (SSSR count). The second kappa shape index (κ2) is 7.27. The van der Waals surface area contributed by atoms with Gasteiger partial charge in [0, 0.05) is 49.6 Å². The molecule has 0 spiro atoms. The minimum absolute atomic E-state index is 0.00394. The van der Waals surface area contributed by atoms with Crippen LogP contribution in [0.25, 0.3) is 10.9 Å². The van der Waals surface area contributed by atoms with E-state index in [2.05, 4.69) is 4.98 Å². The van der Waals surface area contributed by atoms with Gasteiger partial charge in [-0.3, -0.25) is 9.78 Å². The van der Waals surface area contributed by atoms with E-state index < -0.39 is 0 Å². The van der Waals surface area contributed by atoms with Crippen LogP contribution in [-0.4, -0.2) is 38.6 Å². The number of carbonyl (C=O) groups is 1. The van der Waals surface area contributed by atoms with E-state index in [-0.39, 0.29) is 12.5 Å². The molecule has 5 nitrogen and oxygen atoms in total. The second-order valence-corrected chi connectivity index (χ2v) is 5.86. The lowest BCUT2D eigenvalue weighted by molar-refractivity contribution is -0.131. The van der Waals surface area contributed by atoms with Gasteiger partial charge < -0.3 is 14.6 Å². The average molecular weight is 323 g/mol. The third-order valence-electron chi connectivity index (χ3n) is 4.14. The van der Waals surface area contributed by atoms with Crippen LogP contribution in [0.4, 0.5) is 0 Å².